The molecule has 0 aromatic carbocycles. The summed E-state index contributed by atoms with van der Waals surface area (Å²) in [4.78, 5) is 7.23. The molecule has 0 saturated carbocycles. The van der Waals surface area contributed by atoms with E-state index in [4.69, 9.17) is 6.57 Å². The predicted octanol–water partition coefficient (Wildman–Crippen LogP) is 2.65. The van der Waals surface area contributed by atoms with Gasteiger partial charge in [0.05, 0.1) is 5.52 Å². The number of fused-ring (bicyclic) bond motifs is 1. The summed E-state index contributed by atoms with van der Waals surface area (Å²) in [5.41, 5.74) is 0.841. The summed E-state index contributed by atoms with van der Waals surface area (Å²) in [6, 6.07) is 3.76. The molecular weight excluding hydrogens is 218 g/mol. The van der Waals surface area contributed by atoms with Crippen LogP contribution in [0.5, 0.6) is 0 Å². The lowest BCUT2D eigenvalue weighted by Gasteiger charge is -1.92. The normalized spacial score (nSPS) is 10.0. The zero-order chi connectivity index (χ0) is 8.55. The van der Waals surface area contributed by atoms with Gasteiger partial charge in [0.15, 0.2) is 6.33 Å². The Kier molecular flexibility index (Phi) is 1.59. The first-order chi connectivity index (χ1) is 5.81. The Hall–Kier alpha value is -1.34. The smallest absolute Gasteiger partial charge is 0.295 e. The molecular formula is C8H4BrN3. The summed E-state index contributed by atoms with van der Waals surface area (Å²) in [6.45, 7) is 6.83. The van der Waals surface area contributed by atoms with Gasteiger partial charge in [0.1, 0.15) is 0 Å². The van der Waals surface area contributed by atoms with Gasteiger partial charge in [-0.05, 0) is 28.1 Å². The van der Waals surface area contributed by atoms with Crippen LogP contribution in [0.2, 0.25) is 0 Å². The second kappa shape index (κ2) is 2.61. The molecule has 0 fully saturated rings. The highest BCUT2D eigenvalue weighted by Gasteiger charge is 2.03. The van der Waals surface area contributed by atoms with Crippen molar-refractivity contribution in [3.05, 3.63) is 40.5 Å². The van der Waals surface area contributed by atoms with Crippen LogP contribution in [0.4, 0.5) is 5.82 Å². The highest BCUT2D eigenvalue weighted by molar-refractivity contribution is 9.10. The van der Waals surface area contributed by atoms with E-state index in [1.807, 2.05) is 22.7 Å². The van der Waals surface area contributed by atoms with Crippen LogP contribution in [0.3, 0.4) is 0 Å². The number of pyridine rings is 1. The van der Waals surface area contributed by atoms with Gasteiger partial charge in [-0.1, -0.05) is 6.57 Å². The Bertz CT molecular complexity index is 467. The van der Waals surface area contributed by atoms with E-state index in [1.54, 1.807) is 6.33 Å². The van der Waals surface area contributed by atoms with Crippen molar-refractivity contribution >= 4 is 27.3 Å². The van der Waals surface area contributed by atoms with Crippen LogP contribution in [0, 0.1) is 6.57 Å². The van der Waals surface area contributed by atoms with Gasteiger partial charge < -0.3 is 4.85 Å². The number of imidazole rings is 1. The van der Waals surface area contributed by atoms with Gasteiger partial charge in [-0.2, -0.15) is 0 Å². The average molecular weight is 222 g/mol. The third kappa shape index (κ3) is 0.990. The standard InChI is InChI=1S/C8H4BrN3/c1-10-8-7-3-2-6(9)4-12(7)5-11-8/h2-5H. The van der Waals surface area contributed by atoms with Gasteiger partial charge in [-0.3, -0.25) is 4.40 Å². The molecule has 0 spiro atoms. The monoisotopic (exact) mass is 221 g/mol. The van der Waals surface area contributed by atoms with Gasteiger partial charge in [-0.25, -0.2) is 0 Å². The van der Waals surface area contributed by atoms with Crippen LogP contribution in [0.25, 0.3) is 10.4 Å². The molecule has 12 heavy (non-hydrogen) atoms. The summed E-state index contributed by atoms with van der Waals surface area (Å²) >= 11 is 3.34. The third-order valence-electron chi connectivity index (χ3n) is 1.58. The van der Waals surface area contributed by atoms with Crippen molar-refractivity contribution in [1.82, 2.24) is 9.38 Å². The lowest BCUT2D eigenvalue weighted by molar-refractivity contribution is 1.15. The maximum atomic E-state index is 6.83. The Morgan fingerprint density at radius 2 is 2.33 bits per heavy atom. The summed E-state index contributed by atoms with van der Waals surface area (Å²) in [5, 5.41) is 0. The number of halogens is 1. The quantitative estimate of drug-likeness (QED) is 0.628. The molecule has 0 aliphatic carbocycles. The fourth-order valence-electron chi connectivity index (χ4n) is 1.04. The molecule has 0 aliphatic rings. The highest BCUT2D eigenvalue weighted by Crippen LogP contribution is 2.20. The third-order valence-corrected chi connectivity index (χ3v) is 2.05. The van der Waals surface area contributed by atoms with Crippen molar-refractivity contribution in [2.75, 3.05) is 0 Å². The Balaban J connectivity index is 2.84. The van der Waals surface area contributed by atoms with Crippen LogP contribution in [-0.4, -0.2) is 9.38 Å². The van der Waals surface area contributed by atoms with E-state index in [0.29, 0.717) is 5.82 Å². The van der Waals surface area contributed by atoms with E-state index in [0.717, 1.165) is 9.99 Å². The number of hydrogen-bond donors (Lipinski definition) is 0. The maximum absolute atomic E-state index is 6.83. The first-order valence-electron chi connectivity index (χ1n) is 3.31. The maximum Gasteiger partial charge on any atom is 0.295 e. The molecule has 0 aliphatic heterocycles. The highest BCUT2D eigenvalue weighted by atomic mass is 79.9. The van der Waals surface area contributed by atoms with Crippen LogP contribution in [0.15, 0.2) is 29.1 Å². The molecule has 4 heteroatoms. The van der Waals surface area contributed by atoms with E-state index in [1.165, 1.54) is 0 Å². The van der Waals surface area contributed by atoms with Crippen molar-refractivity contribution in [2.45, 2.75) is 0 Å². The largest absolute Gasteiger partial charge is 0.359 e. The van der Waals surface area contributed by atoms with Crippen LogP contribution >= 0.6 is 15.9 Å². The molecule has 0 N–H and O–H groups in total. The van der Waals surface area contributed by atoms with Crippen molar-refractivity contribution in [3.63, 3.8) is 0 Å². The zero-order valence-corrected chi connectivity index (χ0v) is 7.62. The number of nitrogens with zero attached hydrogens (tertiary/aromatic N) is 3. The minimum atomic E-state index is 0.447. The minimum Gasteiger partial charge on any atom is -0.359 e. The molecule has 2 heterocycles. The van der Waals surface area contributed by atoms with Crippen molar-refractivity contribution in [3.8, 4) is 0 Å². The Morgan fingerprint density at radius 1 is 1.50 bits per heavy atom. The van der Waals surface area contributed by atoms with Crippen molar-refractivity contribution < 1.29 is 0 Å². The molecule has 0 atom stereocenters. The Morgan fingerprint density at radius 3 is 3.08 bits per heavy atom. The molecule has 2 rings (SSSR count). The van der Waals surface area contributed by atoms with Gasteiger partial charge in [0, 0.05) is 10.7 Å². The molecule has 0 radical (unpaired) electrons. The fourth-order valence-corrected chi connectivity index (χ4v) is 1.40. The lowest BCUT2D eigenvalue weighted by atomic mass is 10.4. The molecule has 0 amide bonds. The number of aromatic nitrogens is 2. The summed E-state index contributed by atoms with van der Waals surface area (Å²) in [5.74, 6) is 0.447. The Labute approximate surface area is 77.6 Å². The summed E-state index contributed by atoms with van der Waals surface area (Å²) < 4.78 is 2.79. The van der Waals surface area contributed by atoms with Gasteiger partial charge in [0.2, 0.25) is 0 Å². The topological polar surface area (TPSA) is 21.7 Å². The number of hydrogen-bond acceptors (Lipinski definition) is 1. The fraction of sp³-hybridized carbons (Fsp3) is 0. The number of rotatable bonds is 0. The molecule has 0 unspecified atom stereocenters. The predicted molar refractivity (Wildman–Crippen MR) is 49.2 cm³/mol. The average Bonchev–Trinajstić information content (AvgIpc) is 2.46. The van der Waals surface area contributed by atoms with Crippen LogP contribution in [0.1, 0.15) is 0 Å². The molecule has 2 aromatic heterocycles. The van der Waals surface area contributed by atoms with E-state index < -0.39 is 0 Å². The molecule has 3 nitrogen and oxygen atoms in total. The second-order valence-electron chi connectivity index (χ2n) is 2.32. The SMILES string of the molecule is [C-]#[N+]c1ncn2cc(Br)ccc12. The molecule has 2 aromatic rings. The second-order valence-corrected chi connectivity index (χ2v) is 3.24. The van der Waals surface area contributed by atoms with E-state index in [2.05, 4.69) is 25.8 Å². The van der Waals surface area contributed by atoms with Gasteiger partial charge >= 0.3 is 0 Å². The minimum absolute atomic E-state index is 0.447. The van der Waals surface area contributed by atoms with E-state index in [-0.39, 0.29) is 0 Å². The van der Waals surface area contributed by atoms with Crippen molar-refractivity contribution in [2.24, 2.45) is 0 Å². The summed E-state index contributed by atoms with van der Waals surface area (Å²) in [6.07, 6.45) is 3.50. The zero-order valence-electron chi connectivity index (χ0n) is 6.03. The lowest BCUT2D eigenvalue weighted by Crippen LogP contribution is -1.79. The van der Waals surface area contributed by atoms with Crippen LogP contribution < -0.4 is 0 Å². The molecule has 58 valence electrons. The molecule has 0 saturated heterocycles. The van der Waals surface area contributed by atoms with Gasteiger partial charge in [-0.15, -0.1) is 4.98 Å². The summed E-state index contributed by atoms with van der Waals surface area (Å²) in [7, 11) is 0. The van der Waals surface area contributed by atoms with E-state index in [9.17, 15) is 0 Å². The van der Waals surface area contributed by atoms with Crippen LogP contribution in [-0.2, 0) is 0 Å². The van der Waals surface area contributed by atoms with E-state index >= 15 is 0 Å². The van der Waals surface area contributed by atoms with Crippen molar-refractivity contribution in [1.29, 1.82) is 0 Å². The first-order valence-corrected chi connectivity index (χ1v) is 4.10. The van der Waals surface area contributed by atoms with Gasteiger partial charge in [0.25, 0.3) is 5.82 Å². The molecule has 0 bridgehead atoms. The first kappa shape index (κ1) is 7.32.